The third kappa shape index (κ3) is 6.37. The van der Waals surface area contributed by atoms with Crippen molar-refractivity contribution in [2.45, 2.75) is 77.1 Å². The van der Waals surface area contributed by atoms with Gasteiger partial charge < -0.3 is 14.6 Å². The van der Waals surface area contributed by atoms with Crippen molar-refractivity contribution in [3.8, 4) is 5.88 Å². The van der Waals surface area contributed by atoms with Gasteiger partial charge in [0.2, 0.25) is 21.8 Å². The summed E-state index contributed by atoms with van der Waals surface area (Å²) in [5.41, 5.74) is 6.35. The molecule has 0 unspecified atom stereocenters. The summed E-state index contributed by atoms with van der Waals surface area (Å²) < 4.78 is 39.0. The smallest absolute Gasteiger partial charge is 0.248 e. The van der Waals surface area contributed by atoms with Crippen LogP contribution >= 0.6 is 0 Å². The third-order valence-corrected chi connectivity index (χ3v) is 10.9. The molecule has 47 heavy (non-hydrogen) atoms. The lowest BCUT2D eigenvalue weighted by Gasteiger charge is -2.25. The van der Waals surface area contributed by atoms with Crippen LogP contribution in [0.1, 0.15) is 66.2 Å². The normalized spacial score (nSPS) is 16.7. The number of nitrogens with zero attached hydrogens (tertiary/aromatic N) is 7. The Morgan fingerprint density at radius 1 is 1.11 bits per heavy atom. The number of pyridine rings is 1. The van der Waals surface area contributed by atoms with Crippen LogP contribution < -0.4 is 10.1 Å². The Labute approximate surface area is 274 Å². The van der Waals surface area contributed by atoms with Crippen molar-refractivity contribution in [1.29, 1.82) is 0 Å². The molecule has 1 aliphatic heterocycles. The zero-order valence-electron chi connectivity index (χ0n) is 27.3. The van der Waals surface area contributed by atoms with Crippen LogP contribution in [-0.2, 0) is 41.5 Å². The summed E-state index contributed by atoms with van der Waals surface area (Å²) >= 11 is 0. The number of nitrogens with one attached hydrogen (secondary N) is 1. The Hall–Kier alpha value is -4.62. The number of fused-ring (bicyclic) bond motifs is 2. The third-order valence-electron chi connectivity index (χ3n) is 9.03. The van der Waals surface area contributed by atoms with Gasteiger partial charge in [0.05, 0.1) is 18.6 Å². The largest absolute Gasteiger partial charge is 0.472 e. The molecule has 13 heteroatoms. The molecular weight excluding hydrogens is 616 g/mol. The second-order valence-electron chi connectivity index (χ2n) is 12.0. The minimum atomic E-state index is -3.89. The summed E-state index contributed by atoms with van der Waals surface area (Å²) in [6, 6.07) is 13.3. The molecule has 246 valence electrons. The van der Waals surface area contributed by atoms with E-state index in [1.165, 1.54) is 4.31 Å². The Morgan fingerprint density at radius 3 is 2.68 bits per heavy atom. The van der Waals surface area contributed by atoms with Crippen LogP contribution in [0.25, 0.3) is 11.0 Å². The fourth-order valence-electron chi connectivity index (χ4n) is 6.15. The van der Waals surface area contributed by atoms with Gasteiger partial charge in [-0.25, -0.2) is 23.1 Å². The number of aryl methyl sites for hydroxylation is 4. The van der Waals surface area contributed by atoms with Gasteiger partial charge in [-0.15, -0.1) is 5.10 Å². The first kappa shape index (κ1) is 32.3. The molecule has 0 saturated heterocycles. The second kappa shape index (κ2) is 13.2. The van der Waals surface area contributed by atoms with Crippen LogP contribution in [0.2, 0.25) is 0 Å². The Balaban J connectivity index is 1.37. The summed E-state index contributed by atoms with van der Waals surface area (Å²) in [7, 11) is -2.00. The molecule has 0 spiro atoms. The molecule has 1 aliphatic rings. The van der Waals surface area contributed by atoms with Crippen LogP contribution in [0.3, 0.4) is 0 Å². The predicted octanol–water partition coefficient (Wildman–Crippen LogP) is 4.40. The predicted molar refractivity (Wildman–Crippen MR) is 177 cm³/mol. The molecule has 0 bridgehead atoms. The second-order valence-corrected chi connectivity index (χ2v) is 13.9. The molecule has 6 rings (SSSR count). The van der Waals surface area contributed by atoms with Gasteiger partial charge in [-0.2, -0.15) is 4.31 Å². The van der Waals surface area contributed by atoms with E-state index in [1.54, 1.807) is 24.5 Å². The van der Waals surface area contributed by atoms with Crippen molar-refractivity contribution in [3.05, 3.63) is 94.7 Å². The standard InChI is InChI=1S/C34H40N8O4S/c1-6-26-21-41(47(44,45)30-9-8-14-36-34(30)46-26)20-25-17-24(11-10-22(25)3)28(18-32(43)37-19-31-35-15-16-40(31)5)27-12-13-29-33(23(27)4)38-39-42(29)7-2/h8-17,26,28H,6-7,18-21H2,1-5H3,(H,37,43)/t26-,28+/m1/s1. The topological polar surface area (TPSA) is 137 Å². The first-order valence-corrected chi connectivity index (χ1v) is 17.3. The molecule has 0 radical (unpaired) electrons. The van der Waals surface area contributed by atoms with E-state index in [9.17, 15) is 13.2 Å². The molecule has 0 saturated carbocycles. The molecule has 1 amide bonds. The van der Waals surface area contributed by atoms with Crippen molar-refractivity contribution < 1.29 is 17.9 Å². The van der Waals surface area contributed by atoms with Crippen molar-refractivity contribution in [3.63, 3.8) is 0 Å². The quantitative estimate of drug-likeness (QED) is 0.234. The summed E-state index contributed by atoms with van der Waals surface area (Å²) in [5.74, 6) is 0.434. The van der Waals surface area contributed by atoms with Crippen LogP contribution in [0.5, 0.6) is 5.88 Å². The van der Waals surface area contributed by atoms with Crippen LogP contribution in [0, 0.1) is 13.8 Å². The van der Waals surface area contributed by atoms with E-state index in [1.807, 2.05) is 74.5 Å². The summed E-state index contributed by atoms with van der Waals surface area (Å²) in [5, 5.41) is 11.8. The average Bonchev–Trinajstić information content (AvgIpc) is 3.66. The summed E-state index contributed by atoms with van der Waals surface area (Å²) in [4.78, 5) is 22.1. The van der Waals surface area contributed by atoms with Gasteiger partial charge in [0.1, 0.15) is 22.3 Å². The molecule has 1 N–H and O–H groups in total. The fourth-order valence-corrected chi connectivity index (χ4v) is 7.68. The van der Waals surface area contributed by atoms with Gasteiger partial charge in [0.15, 0.2) is 0 Å². The lowest BCUT2D eigenvalue weighted by atomic mass is 9.84. The van der Waals surface area contributed by atoms with E-state index in [0.717, 1.165) is 44.7 Å². The van der Waals surface area contributed by atoms with Crippen LogP contribution in [0.15, 0.2) is 66.0 Å². The monoisotopic (exact) mass is 656 g/mol. The number of carbonyl (C=O) groups is 1. The van der Waals surface area contributed by atoms with Gasteiger partial charge in [-0.3, -0.25) is 4.79 Å². The highest BCUT2D eigenvalue weighted by Gasteiger charge is 2.35. The number of aromatic nitrogens is 6. The molecular formula is C34H40N8O4S. The lowest BCUT2D eigenvalue weighted by Crippen LogP contribution is -2.36. The number of hydrogen-bond donors (Lipinski definition) is 1. The molecule has 4 heterocycles. The summed E-state index contributed by atoms with van der Waals surface area (Å²) in [6.45, 7) is 9.33. The molecule has 0 fully saturated rings. The van der Waals surface area contributed by atoms with E-state index in [-0.39, 0.29) is 48.2 Å². The number of amides is 1. The minimum Gasteiger partial charge on any atom is -0.472 e. The van der Waals surface area contributed by atoms with E-state index in [4.69, 9.17) is 4.74 Å². The number of imidazole rings is 1. The Kier molecular flexibility index (Phi) is 9.11. The van der Waals surface area contributed by atoms with Crippen LogP contribution in [-0.4, -0.2) is 60.8 Å². The molecule has 2 aromatic carbocycles. The van der Waals surface area contributed by atoms with Gasteiger partial charge >= 0.3 is 0 Å². The van der Waals surface area contributed by atoms with Crippen molar-refractivity contribution in [2.75, 3.05) is 6.54 Å². The summed E-state index contributed by atoms with van der Waals surface area (Å²) in [6.07, 6.45) is 5.54. The molecule has 5 aromatic rings. The zero-order valence-corrected chi connectivity index (χ0v) is 28.2. The van der Waals surface area contributed by atoms with Gasteiger partial charge in [0, 0.05) is 51.1 Å². The van der Waals surface area contributed by atoms with Crippen molar-refractivity contribution in [2.24, 2.45) is 7.05 Å². The van der Waals surface area contributed by atoms with Crippen molar-refractivity contribution in [1.82, 2.24) is 39.2 Å². The minimum absolute atomic E-state index is 0.0658. The number of rotatable bonds is 10. The van der Waals surface area contributed by atoms with E-state index in [0.29, 0.717) is 19.5 Å². The highest BCUT2D eigenvalue weighted by molar-refractivity contribution is 7.89. The number of carbonyl (C=O) groups excluding carboxylic acids is 1. The number of benzene rings is 2. The van der Waals surface area contributed by atoms with E-state index >= 15 is 0 Å². The SMILES string of the molecule is CC[C@@H]1CN(Cc2cc([C@H](CC(=O)NCc3nccn3C)c3ccc4c(nnn4CC)c3C)ccc2C)S(=O)(=O)c2cccnc2O1. The van der Waals surface area contributed by atoms with Crippen LogP contribution in [0.4, 0.5) is 0 Å². The molecule has 3 aromatic heterocycles. The number of hydrogen-bond acceptors (Lipinski definition) is 8. The number of ether oxygens (including phenoxy) is 1. The highest BCUT2D eigenvalue weighted by Crippen LogP contribution is 2.36. The Morgan fingerprint density at radius 2 is 1.94 bits per heavy atom. The maximum atomic E-state index is 13.9. The van der Waals surface area contributed by atoms with E-state index in [2.05, 4.69) is 31.7 Å². The fraction of sp³-hybridized carbons (Fsp3) is 0.382. The first-order chi connectivity index (χ1) is 22.6. The zero-order chi connectivity index (χ0) is 33.3. The maximum Gasteiger partial charge on any atom is 0.248 e. The lowest BCUT2D eigenvalue weighted by molar-refractivity contribution is -0.121. The highest BCUT2D eigenvalue weighted by atomic mass is 32.2. The first-order valence-electron chi connectivity index (χ1n) is 15.9. The maximum absolute atomic E-state index is 13.9. The molecule has 12 nitrogen and oxygen atoms in total. The average molecular weight is 657 g/mol. The van der Waals surface area contributed by atoms with Crippen molar-refractivity contribution >= 4 is 27.0 Å². The molecule has 0 aliphatic carbocycles. The Bertz CT molecular complexity index is 2040. The van der Waals surface area contributed by atoms with E-state index < -0.39 is 10.0 Å². The van der Waals surface area contributed by atoms with Gasteiger partial charge in [0.25, 0.3) is 0 Å². The number of sulfonamides is 1. The molecule has 2 atom stereocenters. The van der Waals surface area contributed by atoms with Gasteiger partial charge in [-0.1, -0.05) is 36.4 Å². The van der Waals surface area contributed by atoms with Gasteiger partial charge in [-0.05, 0) is 73.2 Å².